The number of nitrogens with one attached hydrogen (secondary N) is 1. The van der Waals surface area contributed by atoms with Crippen LogP contribution in [0, 0.1) is 6.92 Å². The van der Waals surface area contributed by atoms with Crippen LogP contribution >= 0.6 is 0 Å². The average Bonchev–Trinajstić information content (AvgIpc) is 2.73. The maximum atomic E-state index is 13.6. The van der Waals surface area contributed by atoms with E-state index < -0.39 is 21.3 Å². The Morgan fingerprint density at radius 3 is 2.56 bits per heavy atom. The highest BCUT2D eigenvalue weighted by Gasteiger charge is 2.34. The van der Waals surface area contributed by atoms with Gasteiger partial charge in [0.15, 0.2) is 0 Å². The van der Waals surface area contributed by atoms with Crippen molar-refractivity contribution in [1.29, 1.82) is 0 Å². The van der Waals surface area contributed by atoms with Crippen LogP contribution in [0.1, 0.15) is 22.4 Å². The van der Waals surface area contributed by atoms with Gasteiger partial charge in [0.2, 0.25) is 5.95 Å². The van der Waals surface area contributed by atoms with E-state index >= 15 is 0 Å². The fourth-order valence-electron chi connectivity index (χ4n) is 3.12. The van der Waals surface area contributed by atoms with E-state index in [4.69, 9.17) is 4.74 Å². The van der Waals surface area contributed by atoms with Crippen molar-refractivity contribution < 1.29 is 22.1 Å². The maximum Gasteiger partial charge on any atom is 0.419 e. The van der Waals surface area contributed by atoms with Gasteiger partial charge in [0.05, 0.1) is 18.4 Å². The molecule has 1 atom stereocenters. The Morgan fingerprint density at radius 2 is 1.91 bits per heavy atom. The Hall–Kier alpha value is -3.07. The number of rotatable bonds is 7. The fraction of sp³-hybridized carbons (Fsp3) is 0.261. The SMILES string of the molecule is C=S(C)(=O)c1cccc(CCc2nc(Nc3cc(OC)ccc3C)ncc2C(F)(F)F)c1. The number of hydrogen-bond acceptors (Lipinski definition) is 5. The highest BCUT2D eigenvalue weighted by molar-refractivity contribution is 7.99. The largest absolute Gasteiger partial charge is 0.497 e. The molecular formula is C23H24F3N3O2S. The summed E-state index contributed by atoms with van der Waals surface area (Å²) in [5.41, 5.74) is 1.26. The minimum absolute atomic E-state index is 0.0363. The van der Waals surface area contributed by atoms with Crippen molar-refractivity contribution in [1.82, 2.24) is 9.97 Å². The van der Waals surface area contributed by atoms with E-state index in [0.717, 1.165) is 17.3 Å². The summed E-state index contributed by atoms with van der Waals surface area (Å²) >= 11 is 0. The first-order valence-corrected chi connectivity index (χ1v) is 11.9. The van der Waals surface area contributed by atoms with Crippen LogP contribution in [0.5, 0.6) is 5.75 Å². The summed E-state index contributed by atoms with van der Waals surface area (Å²) in [5.74, 6) is 4.32. The number of halogens is 3. The van der Waals surface area contributed by atoms with Gasteiger partial charge < -0.3 is 10.1 Å². The van der Waals surface area contributed by atoms with Crippen LogP contribution < -0.4 is 10.1 Å². The lowest BCUT2D eigenvalue weighted by Gasteiger charge is -2.15. The molecule has 1 unspecified atom stereocenters. The molecule has 1 heterocycles. The molecule has 0 amide bonds. The van der Waals surface area contributed by atoms with Gasteiger partial charge in [-0.25, -0.2) is 9.97 Å². The lowest BCUT2D eigenvalue weighted by molar-refractivity contribution is -0.138. The summed E-state index contributed by atoms with van der Waals surface area (Å²) in [7, 11) is -0.887. The molecule has 3 aromatic rings. The quantitative estimate of drug-likeness (QED) is 0.497. The molecule has 0 bridgehead atoms. The molecule has 0 saturated heterocycles. The normalized spacial score (nSPS) is 13.4. The molecule has 0 aliphatic carbocycles. The van der Waals surface area contributed by atoms with Gasteiger partial charge in [0.25, 0.3) is 0 Å². The second-order valence-electron chi connectivity index (χ2n) is 7.51. The van der Waals surface area contributed by atoms with Gasteiger partial charge in [0.1, 0.15) is 5.75 Å². The van der Waals surface area contributed by atoms with E-state index in [-0.39, 0.29) is 18.1 Å². The van der Waals surface area contributed by atoms with Crippen LogP contribution in [0.4, 0.5) is 24.8 Å². The molecule has 32 heavy (non-hydrogen) atoms. The third-order valence-corrected chi connectivity index (χ3v) is 6.16. The van der Waals surface area contributed by atoms with Gasteiger partial charge in [0, 0.05) is 29.1 Å². The zero-order valence-corrected chi connectivity index (χ0v) is 18.8. The van der Waals surface area contributed by atoms with Crippen molar-refractivity contribution in [3.63, 3.8) is 0 Å². The minimum Gasteiger partial charge on any atom is -0.497 e. The molecule has 2 aromatic carbocycles. The predicted octanol–water partition coefficient (Wildman–Crippen LogP) is 5.05. The van der Waals surface area contributed by atoms with Crippen LogP contribution in [0.15, 0.2) is 53.6 Å². The topological polar surface area (TPSA) is 64.1 Å². The van der Waals surface area contributed by atoms with Crippen molar-refractivity contribution >= 4 is 27.0 Å². The Balaban J connectivity index is 1.90. The molecule has 0 fully saturated rings. The summed E-state index contributed by atoms with van der Waals surface area (Å²) in [6.07, 6.45) is -1.93. The molecule has 0 aliphatic heterocycles. The molecule has 1 aromatic heterocycles. The molecule has 170 valence electrons. The maximum absolute atomic E-state index is 13.6. The summed E-state index contributed by atoms with van der Waals surface area (Å²) in [4.78, 5) is 8.60. The molecule has 5 nitrogen and oxygen atoms in total. The summed E-state index contributed by atoms with van der Waals surface area (Å²) in [5, 5.41) is 2.98. The number of ether oxygens (including phenoxy) is 1. The number of anilines is 2. The minimum atomic E-state index is -4.58. The first-order valence-electron chi connectivity index (χ1n) is 9.73. The highest BCUT2D eigenvalue weighted by atomic mass is 32.2. The number of alkyl halides is 3. The Bertz CT molecular complexity index is 1230. The van der Waals surface area contributed by atoms with Crippen LogP contribution in [-0.4, -0.2) is 33.4 Å². The first-order chi connectivity index (χ1) is 15.0. The van der Waals surface area contributed by atoms with E-state index in [9.17, 15) is 17.4 Å². The molecular weight excluding hydrogens is 439 g/mol. The van der Waals surface area contributed by atoms with E-state index in [2.05, 4.69) is 21.2 Å². The van der Waals surface area contributed by atoms with Crippen molar-refractivity contribution in [3.05, 3.63) is 71.0 Å². The van der Waals surface area contributed by atoms with Crippen molar-refractivity contribution in [3.8, 4) is 5.75 Å². The van der Waals surface area contributed by atoms with E-state index in [0.29, 0.717) is 22.8 Å². The monoisotopic (exact) mass is 463 g/mol. The van der Waals surface area contributed by atoms with Gasteiger partial charge in [-0.15, -0.1) is 0 Å². The Kier molecular flexibility index (Phi) is 6.78. The molecule has 1 N–H and O–H groups in total. The standard InChI is InChI=1S/C23H24F3N3O2S/c1-15-8-10-17(31-2)13-21(15)29-22-27-14-19(23(24,25)26)20(28-22)11-9-16-6-5-7-18(12-16)32(3,4)30/h5-8,10,12-14H,3,9,11H2,1-2,4H3,(H,27,28,29). The van der Waals surface area contributed by atoms with Gasteiger partial charge in [-0.3, -0.25) is 4.21 Å². The zero-order chi connectivity index (χ0) is 23.5. The van der Waals surface area contributed by atoms with E-state index in [1.165, 1.54) is 13.4 Å². The number of aryl methyl sites for hydroxylation is 3. The molecule has 3 rings (SSSR count). The van der Waals surface area contributed by atoms with Crippen LogP contribution in [-0.2, 0) is 28.5 Å². The Morgan fingerprint density at radius 1 is 1.16 bits per heavy atom. The summed E-state index contributed by atoms with van der Waals surface area (Å²) in [6.45, 7) is 1.86. The van der Waals surface area contributed by atoms with Gasteiger partial charge >= 0.3 is 6.18 Å². The van der Waals surface area contributed by atoms with E-state index in [1.807, 2.05) is 13.0 Å². The van der Waals surface area contributed by atoms with Crippen LogP contribution in [0.2, 0.25) is 0 Å². The number of aromatic nitrogens is 2. The zero-order valence-electron chi connectivity index (χ0n) is 18.0. The molecule has 0 saturated carbocycles. The molecule has 0 radical (unpaired) electrons. The second-order valence-corrected chi connectivity index (χ2v) is 9.99. The summed E-state index contributed by atoms with van der Waals surface area (Å²) in [6, 6.07) is 12.2. The number of methoxy groups -OCH3 is 1. The third-order valence-electron chi connectivity index (χ3n) is 4.91. The molecule has 0 spiro atoms. The summed E-state index contributed by atoms with van der Waals surface area (Å²) < 4.78 is 58.1. The lowest BCUT2D eigenvalue weighted by atomic mass is 10.1. The highest BCUT2D eigenvalue weighted by Crippen LogP contribution is 2.32. The number of hydrogen-bond donors (Lipinski definition) is 1. The van der Waals surface area contributed by atoms with Gasteiger partial charge in [-0.05, 0) is 64.5 Å². The second kappa shape index (κ2) is 9.20. The van der Waals surface area contributed by atoms with Crippen molar-refractivity contribution in [2.24, 2.45) is 0 Å². The van der Waals surface area contributed by atoms with Crippen molar-refractivity contribution in [2.45, 2.75) is 30.8 Å². The van der Waals surface area contributed by atoms with Gasteiger partial charge in [-0.2, -0.15) is 13.2 Å². The fourth-order valence-corrected chi connectivity index (χ4v) is 3.89. The molecule has 9 heteroatoms. The average molecular weight is 464 g/mol. The van der Waals surface area contributed by atoms with Crippen LogP contribution in [0.25, 0.3) is 0 Å². The third kappa shape index (κ3) is 5.79. The molecule has 0 aliphatic rings. The lowest BCUT2D eigenvalue weighted by Crippen LogP contribution is -2.14. The van der Waals surface area contributed by atoms with E-state index in [1.54, 1.807) is 36.4 Å². The van der Waals surface area contributed by atoms with Crippen LogP contribution in [0.3, 0.4) is 0 Å². The number of nitrogens with zero attached hydrogens (tertiary/aromatic N) is 2. The smallest absolute Gasteiger partial charge is 0.419 e. The van der Waals surface area contributed by atoms with Crippen molar-refractivity contribution in [2.75, 3.05) is 18.7 Å². The Labute approximate surface area is 185 Å². The predicted molar refractivity (Wildman–Crippen MR) is 121 cm³/mol. The van der Waals surface area contributed by atoms with Gasteiger partial charge in [-0.1, -0.05) is 18.2 Å². The first kappa shape index (κ1) is 23.6. The number of benzene rings is 2.